The first-order valence-electron chi connectivity index (χ1n) is 7.39. The van der Waals surface area contributed by atoms with Gasteiger partial charge in [0.25, 0.3) is 0 Å². The van der Waals surface area contributed by atoms with Gasteiger partial charge >= 0.3 is 0 Å². The maximum atomic E-state index is 5.77. The molecule has 0 atom stereocenters. The maximum absolute atomic E-state index is 5.77. The third-order valence-electron chi connectivity index (χ3n) is 3.34. The van der Waals surface area contributed by atoms with Gasteiger partial charge in [0, 0.05) is 26.3 Å². The number of guanidine groups is 1. The number of hydrogen-bond acceptors (Lipinski definition) is 3. The molecule has 122 valence electrons. The lowest BCUT2D eigenvalue weighted by molar-refractivity contribution is 0.414. The van der Waals surface area contributed by atoms with Crippen LogP contribution < -0.4 is 15.4 Å². The van der Waals surface area contributed by atoms with Crippen molar-refractivity contribution in [3.63, 3.8) is 0 Å². The largest absolute Gasteiger partial charge is 0.497 e. The molecule has 1 heterocycles. The molecule has 0 fully saturated rings. The van der Waals surface area contributed by atoms with Gasteiger partial charge in [-0.1, -0.05) is 29.8 Å². The van der Waals surface area contributed by atoms with Gasteiger partial charge in [-0.15, -0.1) is 0 Å². The molecule has 0 aliphatic carbocycles. The number of nitrogens with zero attached hydrogens (tertiary/aromatic N) is 2. The zero-order valence-corrected chi connectivity index (χ0v) is 14.1. The summed E-state index contributed by atoms with van der Waals surface area (Å²) >= 11 is 5.77. The number of aromatic nitrogens is 1. The normalized spacial score (nSPS) is 11.2. The minimum Gasteiger partial charge on any atom is -0.497 e. The van der Waals surface area contributed by atoms with E-state index in [1.165, 1.54) is 0 Å². The van der Waals surface area contributed by atoms with Crippen molar-refractivity contribution in [1.82, 2.24) is 15.6 Å². The van der Waals surface area contributed by atoms with Crippen LogP contribution in [0.25, 0.3) is 0 Å². The number of halogens is 1. The van der Waals surface area contributed by atoms with Crippen LogP contribution in [0, 0.1) is 0 Å². The van der Waals surface area contributed by atoms with Gasteiger partial charge in [-0.2, -0.15) is 0 Å². The van der Waals surface area contributed by atoms with Crippen LogP contribution in [0.3, 0.4) is 0 Å². The Morgan fingerprint density at radius 3 is 2.48 bits per heavy atom. The van der Waals surface area contributed by atoms with Crippen LogP contribution in [-0.4, -0.2) is 31.6 Å². The van der Waals surface area contributed by atoms with Crippen LogP contribution in [0.4, 0.5) is 0 Å². The molecule has 1 aromatic carbocycles. The Labute approximate surface area is 141 Å². The van der Waals surface area contributed by atoms with Crippen molar-refractivity contribution in [2.45, 2.75) is 13.0 Å². The maximum Gasteiger partial charge on any atom is 0.191 e. The predicted octanol–water partition coefficient (Wildman–Crippen LogP) is 2.65. The van der Waals surface area contributed by atoms with Crippen LogP contribution in [0.1, 0.15) is 11.1 Å². The lowest BCUT2D eigenvalue weighted by Crippen LogP contribution is -2.37. The summed E-state index contributed by atoms with van der Waals surface area (Å²) in [7, 11) is 3.42. The molecule has 0 bridgehead atoms. The Balaban J connectivity index is 1.75. The molecule has 0 spiro atoms. The molecule has 0 aliphatic rings. The molecular weight excluding hydrogens is 312 g/mol. The molecule has 0 unspecified atom stereocenters. The summed E-state index contributed by atoms with van der Waals surface area (Å²) in [4.78, 5) is 8.28. The number of methoxy groups -OCH3 is 1. The van der Waals surface area contributed by atoms with Gasteiger partial charge in [-0.3, -0.25) is 4.99 Å². The van der Waals surface area contributed by atoms with E-state index in [1.807, 2.05) is 30.3 Å². The van der Waals surface area contributed by atoms with Crippen LogP contribution in [0.15, 0.2) is 47.6 Å². The summed E-state index contributed by atoms with van der Waals surface area (Å²) in [5, 5.41) is 7.07. The van der Waals surface area contributed by atoms with Crippen molar-refractivity contribution in [3.8, 4) is 5.75 Å². The Hall–Kier alpha value is -2.27. The topological polar surface area (TPSA) is 58.5 Å². The van der Waals surface area contributed by atoms with Crippen LogP contribution in [0.2, 0.25) is 5.15 Å². The second-order valence-electron chi connectivity index (χ2n) is 4.94. The van der Waals surface area contributed by atoms with E-state index in [0.29, 0.717) is 11.7 Å². The first-order chi connectivity index (χ1) is 11.2. The average molecular weight is 333 g/mol. The quantitative estimate of drug-likeness (QED) is 0.485. The smallest absolute Gasteiger partial charge is 0.191 e. The fourth-order valence-corrected chi connectivity index (χ4v) is 2.14. The second-order valence-corrected chi connectivity index (χ2v) is 5.33. The molecule has 0 amide bonds. The highest BCUT2D eigenvalue weighted by Crippen LogP contribution is 2.10. The average Bonchev–Trinajstić information content (AvgIpc) is 2.60. The molecule has 1 aromatic heterocycles. The Kier molecular flexibility index (Phi) is 6.69. The standard InChI is InChI=1S/C17H21ClN4O/c1-19-17(20-10-9-14-5-8-16(18)21-11-14)22-12-13-3-6-15(23-2)7-4-13/h3-8,11H,9-10,12H2,1-2H3,(H2,19,20,22). The molecule has 23 heavy (non-hydrogen) atoms. The van der Waals surface area contributed by atoms with Gasteiger partial charge in [0.15, 0.2) is 5.96 Å². The fourth-order valence-electron chi connectivity index (χ4n) is 2.03. The number of nitrogens with one attached hydrogen (secondary N) is 2. The number of benzene rings is 1. The summed E-state index contributed by atoms with van der Waals surface area (Å²) in [6.45, 7) is 1.47. The van der Waals surface area contributed by atoms with E-state index in [-0.39, 0.29) is 0 Å². The highest BCUT2D eigenvalue weighted by molar-refractivity contribution is 6.29. The van der Waals surface area contributed by atoms with Crippen molar-refractivity contribution in [2.75, 3.05) is 20.7 Å². The zero-order chi connectivity index (χ0) is 16.5. The van der Waals surface area contributed by atoms with Gasteiger partial charge in [0.1, 0.15) is 10.9 Å². The van der Waals surface area contributed by atoms with Gasteiger partial charge in [-0.05, 0) is 35.7 Å². The highest BCUT2D eigenvalue weighted by atomic mass is 35.5. The number of rotatable bonds is 6. The Bertz CT molecular complexity index is 626. The van der Waals surface area contributed by atoms with E-state index >= 15 is 0 Å². The Morgan fingerprint density at radius 1 is 1.13 bits per heavy atom. The lowest BCUT2D eigenvalue weighted by Gasteiger charge is -2.12. The zero-order valence-electron chi connectivity index (χ0n) is 13.3. The van der Waals surface area contributed by atoms with Crippen molar-refractivity contribution in [3.05, 3.63) is 58.9 Å². The van der Waals surface area contributed by atoms with Gasteiger partial charge in [0.2, 0.25) is 0 Å². The first-order valence-corrected chi connectivity index (χ1v) is 7.77. The Morgan fingerprint density at radius 2 is 1.87 bits per heavy atom. The van der Waals surface area contributed by atoms with E-state index in [0.717, 1.165) is 35.8 Å². The van der Waals surface area contributed by atoms with Gasteiger partial charge < -0.3 is 15.4 Å². The third kappa shape index (κ3) is 5.79. The van der Waals surface area contributed by atoms with E-state index in [4.69, 9.17) is 16.3 Å². The molecule has 0 saturated heterocycles. The molecule has 0 saturated carbocycles. The summed E-state index contributed by atoms with van der Waals surface area (Å²) in [6.07, 6.45) is 2.64. The molecule has 0 aliphatic heterocycles. The van der Waals surface area contributed by atoms with E-state index in [9.17, 15) is 0 Å². The SMILES string of the molecule is CN=C(NCCc1ccc(Cl)nc1)NCc1ccc(OC)cc1. The molecule has 2 aromatic rings. The number of ether oxygens (including phenoxy) is 1. The van der Waals surface area contributed by atoms with Crippen molar-refractivity contribution < 1.29 is 4.74 Å². The van der Waals surface area contributed by atoms with Gasteiger partial charge in [-0.25, -0.2) is 4.98 Å². The second kappa shape index (κ2) is 9.00. The number of pyridine rings is 1. The molecule has 5 nitrogen and oxygen atoms in total. The van der Waals surface area contributed by atoms with Gasteiger partial charge in [0.05, 0.1) is 7.11 Å². The molecule has 2 rings (SSSR count). The lowest BCUT2D eigenvalue weighted by atomic mass is 10.2. The molecular formula is C17H21ClN4O. The van der Waals surface area contributed by atoms with E-state index in [1.54, 1.807) is 26.4 Å². The summed E-state index contributed by atoms with van der Waals surface area (Å²) in [5.74, 6) is 1.62. The molecule has 2 N–H and O–H groups in total. The monoisotopic (exact) mass is 332 g/mol. The summed E-state index contributed by atoms with van der Waals surface area (Å²) < 4.78 is 5.15. The van der Waals surface area contributed by atoms with Crippen molar-refractivity contribution in [2.24, 2.45) is 4.99 Å². The summed E-state index contributed by atoms with van der Waals surface area (Å²) in [5.41, 5.74) is 2.29. The van der Waals surface area contributed by atoms with Crippen LogP contribution >= 0.6 is 11.6 Å². The van der Waals surface area contributed by atoms with Crippen LogP contribution in [0.5, 0.6) is 5.75 Å². The molecule has 0 radical (unpaired) electrons. The minimum atomic E-state index is 0.513. The first kappa shape index (κ1) is 17.1. The van der Waals surface area contributed by atoms with E-state index < -0.39 is 0 Å². The highest BCUT2D eigenvalue weighted by Gasteiger charge is 2.00. The predicted molar refractivity (Wildman–Crippen MR) is 94.1 cm³/mol. The number of aliphatic imine (C=N–C) groups is 1. The fraction of sp³-hybridized carbons (Fsp3) is 0.294. The van der Waals surface area contributed by atoms with Crippen molar-refractivity contribution in [1.29, 1.82) is 0 Å². The third-order valence-corrected chi connectivity index (χ3v) is 3.56. The summed E-state index contributed by atoms with van der Waals surface area (Å²) in [6, 6.07) is 11.7. The van der Waals surface area contributed by atoms with Crippen LogP contribution in [-0.2, 0) is 13.0 Å². The van der Waals surface area contributed by atoms with E-state index in [2.05, 4.69) is 20.6 Å². The molecule has 6 heteroatoms. The number of hydrogen-bond donors (Lipinski definition) is 2. The van der Waals surface area contributed by atoms with Crippen molar-refractivity contribution >= 4 is 17.6 Å². The minimum absolute atomic E-state index is 0.513.